The summed E-state index contributed by atoms with van der Waals surface area (Å²) < 4.78 is 82.1. The molecule has 3 heterocycles. The van der Waals surface area contributed by atoms with Gasteiger partial charge in [0, 0.05) is 51.0 Å². The van der Waals surface area contributed by atoms with Gasteiger partial charge in [0.25, 0.3) is 6.47 Å². The number of aryl methyl sites for hydroxylation is 3. The summed E-state index contributed by atoms with van der Waals surface area (Å²) in [6, 6.07) is 20.4. The van der Waals surface area contributed by atoms with Crippen molar-refractivity contribution in [2.45, 2.75) is 186 Å². The molecule has 0 bridgehead atoms. The van der Waals surface area contributed by atoms with Crippen LogP contribution in [-0.2, 0) is 91.2 Å². The second kappa shape index (κ2) is 38.9. The molecule has 0 radical (unpaired) electrons. The molecule has 3 aliphatic heterocycles. The van der Waals surface area contributed by atoms with E-state index in [2.05, 4.69) is 18.7 Å². The van der Waals surface area contributed by atoms with Gasteiger partial charge < -0.3 is 60.4 Å². The summed E-state index contributed by atoms with van der Waals surface area (Å²) in [6.45, 7) is 16.6. The second-order valence-electron chi connectivity index (χ2n) is 25.5. The van der Waals surface area contributed by atoms with E-state index >= 15 is 0 Å². The Bertz CT molecular complexity index is 3780. The van der Waals surface area contributed by atoms with Gasteiger partial charge >= 0.3 is 175 Å². The number of aromatic hydroxyl groups is 1. The molecule has 97 heavy (non-hydrogen) atoms. The fraction of sp³-hybridized carbons (Fsp3) is 0.437. The van der Waals surface area contributed by atoms with Gasteiger partial charge in [-0.2, -0.15) is 0 Å². The summed E-state index contributed by atoms with van der Waals surface area (Å²) in [7, 11) is 0. The fourth-order valence-electron chi connectivity index (χ4n) is 12.9. The number of carboxylic acids is 1. The molecule has 0 saturated heterocycles. The Balaban J connectivity index is 0.000000340. The van der Waals surface area contributed by atoms with Gasteiger partial charge in [-0.25, -0.2) is 13.2 Å². The number of carboxylic acid groups (broad SMARTS) is 1. The van der Waals surface area contributed by atoms with Gasteiger partial charge in [0.05, 0.1) is 38.4 Å². The van der Waals surface area contributed by atoms with Crippen LogP contribution < -0.4 is 186 Å². The number of alkyl halides is 1. The largest absolute Gasteiger partial charge is 1.00 e. The van der Waals surface area contributed by atoms with E-state index in [1.165, 1.54) is 24.3 Å². The standard InChI is InChI=1S/C24H26ClFO4.C22H22ClFO4.C13H15FO3.C11H12Cl2O.CH2O3.2Cs.Li.H2O.H/c1-4-28-22(27)10-15-6-5-14-9-21(20(26)11-19(14)15)29-13-17-8-18(25)7-16-12-24(2,3)30-23(16)17;1-22(2)10-14-5-16(23)6-15(21(14)28-22)11-27-19-7-12-3-4-13(8-20(25)26)17(12)9-18(19)24;1-2-17-13(16)6-9-4-3-8-5-12(15)11(14)7-10(8)9;1-11(2)5-7-3-9(13)4-8(6-12)10(7)14-11;2-1-4-3;;;;;/h7-9,11,15H,4-6,10,12-13H2,1-3H3;5-7,9,13H,3-4,8,10-11H2,1-2H3,(H,25,26);5,7,9,15H,2-4,6H2,1H3;3-4H,5-6H2,1-2H3;1,3H;;;;1H2;/q;;;;;3*+1;;-1/p-2. The number of carbonyl (C=O) groups is 4. The van der Waals surface area contributed by atoms with Crippen LogP contribution in [-0.4, -0.2) is 70.1 Å². The van der Waals surface area contributed by atoms with Crippen molar-refractivity contribution < 1.29 is 249 Å². The number of ether oxygens (including phenoxy) is 7. The van der Waals surface area contributed by atoms with Crippen LogP contribution in [0.3, 0.4) is 0 Å². The Morgan fingerprint density at radius 3 is 1.24 bits per heavy atom. The number of aliphatic carboxylic acids is 1. The molecule has 6 aromatic carbocycles. The average molecular weight is 1660 g/mol. The quantitative estimate of drug-likeness (QED) is 0.0256. The normalized spacial score (nSPS) is 17.1. The van der Waals surface area contributed by atoms with Crippen LogP contribution in [0.5, 0.6) is 34.5 Å². The molecule has 0 spiro atoms. The van der Waals surface area contributed by atoms with Gasteiger partial charge in [-0.1, -0.05) is 34.8 Å². The molecule has 0 saturated carbocycles. The molecule has 0 aromatic heterocycles. The number of carbonyl (C=O) groups excluding carboxylic acids is 3. The summed E-state index contributed by atoms with van der Waals surface area (Å²) in [4.78, 5) is 45.5. The maximum atomic E-state index is 14.8. The number of fused-ring (bicyclic) bond motifs is 6. The number of benzene rings is 6. The Kier molecular flexibility index (Phi) is 34.9. The van der Waals surface area contributed by atoms with Gasteiger partial charge in [0.2, 0.25) is 0 Å². The van der Waals surface area contributed by atoms with E-state index < -0.39 is 23.4 Å². The van der Waals surface area contributed by atoms with Crippen LogP contribution in [0.15, 0.2) is 72.8 Å². The summed E-state index contributed by atoms with van der Waals surface area (Å²) >= 11 is 24.3. The summed E-state index contributed by atoms with van der Waals surface area (Å²) in [5, 5.41) is 28.7. The predicted octanol–water partition coefficient (Wildman–Crippen LogP) is 6.72. The first-order valence-corrected chi connectivity index (χ1v) is 32.4. The number of hydrogen-bond donors (Lipinski definition) is 2. The monoisotopic (exact) mass is 1660 g/mol. The molecular weight excluding hydrogens is 1580 g/mol. The van der Waals surface area contributed by atoms with Crippen LogP contribution in [0, 0.1) is 17.5 Å². The van der Waals surface area contributed by atoms with E-state index in [1.54, 1.807) is 32.0 Å². The van der Waals surface area contributed by atoms with Crippen molar-refractivity contribution in [1.29, 1.82) is 0 Å². The Morgan fingerprint density at radius 2 is 0.897 bits per heavy atom. The number of phenolic OH excluding ortho intramolecular Hbond substituents is 1. The Hall–Kier alpha value is -2.43. The molecule has 3 unspecified atom stereocenters. The second-order valence-corrected chi connectivity index (χ2v) is 27.0. The number of rotatable bonds is 16. The van der Waals surface area contributed by atoms with Crippen LogP contribution >= 0.6 is 46.4 Å². The van der Waals surface area contributed by atoms with Crippen molar-refractivity contribution in [2.75, 3.05) is 13.2 Å². The molecule has 3 aliphatic carbocycles. The van der Waals surface area contributed by atoms with Crippen LogP contribution in [0.2, 0.25) is 15.1 Å². The molecule has 0 amide bonds. The summed E-state index contributed by atoms with van der Waals surface area (Å²) in [6.07, 6.45) is 7.63. The maximum absolute atomic E-state index is 14.8. The minimum absolute atomic E-state index is 0. The molecular formula is C71H78Cl4Cs2F3LiO16. The fourth-order valence-corrected chi connectivity index (χ4v) is 13.8. The first-order valence-electron chi connectivity index (χ1n) is 30.8. The van der Waals surface area contributed by atoms with Crippen LogP contribution in [0.1, 0.15) is 180 Å². The Labute approximate surface area is 715 Å². The predicted molar refractivity (Wildman–Crippen MR) is 347 cm³/mol. The molecule has 12 rings (SSSR count). The van der Waals surface area contributed by atoms with Gasteiger partial charge in [-0.05, 0) is 235 Å². The smallest absolute Gasteiger partial charge is 1.00 e. The number of esters is 2. The molecule has 3 atom stereocenters. The maximum Gasteiger partial charge on any atom is 1.00 e. The first kappa shape index (κ1) is 87.0. The molecule has 510 valence electrons. The molecule has 6 aromatic rings. The van der Waals surface area contributed by atoms with Crippen LogP contribution in [0.4, 0.5) is 13.2 Å². The van der Waals surface area contributed by atoms with E-state index in [1.807, 2.05) is 58.0 Å². The molecule has 26 heteroatoms. The van der Waals surface area contributed by atoms with Crippen molar-refractivity contribution in [1.82, 2.24) is 0 Å². The zero-order valence-electron chi connectivity index (χ0n) is 57.6. The number of hydrogen-bond acceptors (Lipinski definition) is 15. The van der Waals surface area contributed by atoms with Crippen molar-refractivity contribution in [3.8, 4) is 34.5 Å². The number of phenols is 1. The number of halogens is 7. The molecule has 3 N–H and O–H groups in total. The van der Waals surface area contributed by atoms with Gasteiger partial charge in [0.1, 0.15) is 47.3 Å². The molecule has 0 fully saturated rings. The van der Waals surface area contributed by atoms with Crippen molar-refractivity contribution in [3.05, 3.63) is 172 Å². The third-order valence-corrected chi connectivity index (χ3v) is 17.6. The third kappa shape index (κ3) is 23.8. The molecule has 6 aliphatic rings. The minimum Gasteiger partial charge on any atom is -1.00 e. The van der Waals surface area contributed by atoms with E-state index in [0.29, 0.717) is 29.1 Å². The van der Waals surface area contributed by atoms with Crippen molar-refractivity contribution in [3.63, 3.8) is 0 Å². The van der Waals surface area contributed by atoms with E-state index in [9.17, 15) is 32.7 Å². The Morgan fingerprint density at radius 1 is 0.567 bits per heavy atom. The zero-order chi connectivity index (χ0) is 67.7. The van der Waals surface area contributed by atoms with Crippen molar-refractivity contribution >= 4 is 70.8 Å². The zero-order valence-corrected chi connectivity index (χ0v) is 72.1. The van der Waals surface area contributed by atoms with Gasteiger partial charge in [0.15, 0.2) is 34.7 Å². The topological polar surface area (TPSA) is 236 Å². The minimum atomic E-state index is -0.865. The van der Waals surface area contributed by atoms with Gasteiger partial charge in [-0.3, -0.25) is 19.2 Å². The average Bonchev–Trinajstić information content (AvgIpc) is 1.66. The third-order valence-electron chi connectivity index (χ3n) is 16.6. The van der Waals surface area contributed by atoms with Gasteiger partial charge in [-0.15, -0.1) is 11.6 Å². The van der Waals surface area contributed by atoms with Crippen LogP contribution in [0.25, 0.3) is 0 Å². The summed E-state index contributed by atoms with van der Waals surface area (Å²) in [5.74, 6) is -0.0515. The SMILES string of the molecule is CC1(C)Cc2cc(Cl)cc(CCl)c2O1.CC1(C)Cc2cc(Cl)cc(COc3cc4c(cc3F)C(CC(=O)O)CC4)c2O1.CCOC(=O)CC1CCc2cc(O)c(F)cc21.CCOC(=O)CC1CCc2cc(OCc3cc(Cl)cc4c3OC(C)(C)C4)c(F)cc21.O=CO[O-].[Cs+].[Cs+].[H-].[Li+].[OH-]. The van der Waals surface area contributed by atoms with E-state index in [0.717, 1.165) is 147 Å². The molecule has 16 nitrogen and oxygen atoms in total. The summed E-state index contributed by atoms with van der Waals surface area (Å²) in [5.41, 5.74) is 10.5. The van der Waals surface area contributed by atoms with E-state index in [-0.39, 0.29) is 266 Å². The van der Waals surface area contributed by atoms with E-state index in [4.69, 9.17) is 94.7 Å². The first-order chi connectivity index (χ1) is 44.0. The van der Waals surface area contributed by atoms with Crippen molar-refractivity contribution in [2.24, 2.45) is 0 Å².